The Balaban J connectivity index is 2.15. The second-order valence-corrected chi connectivity index (χ2v) is 3.56. The van der Waals surface area contributed by atoms with E-state index >= 15 is 0 Å². The van der Waals surface area contributed by atoms with Gasteiger partial charge in [-0.15, -0.1) is 0 Å². The third kappa shape index (κ3) is 2.25. The molecule has 3 nitrogen and oxygen atoms in total. The summed E-state index contributed by atoms with van der Waals surface area (Å²) in [5.41, 5.74) is 2.72. The van der Waals surface area contributed by atoms with Gasteiger partial charge in [-0.25, -0.2) is 0 Å². The van der Waals surface area contributed by atoms with Crippen molar-refractivity contribution in [2.45, 2.75) is 19.4 Å². The van der Waals surface area contributed by atoms with Gasteiger partial charge in [0.25, 0.3) is 0 Å². The Labute approximate surface area is 88.4 Å². The molecule has 3 heteroatoms. The van der Waals surface area contributed by atoms with Crippen molar-refractivity contribution in [2.75, 3.05) is 0 Å². The zero-order chi connectivity index (χ0) is 10.7. The zero-order valence-electron chi connectivity index (χ0n) is 8.55. The van der Waals surface area contributed by atoms with Gasteiger partial charge in [-0.3, -0.25) is 4.98 Å². The molecule has 0 aromatic carbocycles. The number of furan rings is 1. The summed E-state index contributed by atoms with van der Waals surface area (Å²) in [6.45, 7) is 1.95. The summed E-state index contributed by atoms with van der Waals surface area (Å²) in [5, 5.41) is 9.97. The Hall–Kier alpha value is -1.61. The fourth-order valence-corrected chi connectivity index (χ4v) is 1.58. The minimum absolute atomic E-state index is 0.536. The molecular weight excluding hydrogens is 190 g/mol. The second-order valence-electron chi connectivity index (χ2n) is 3.56. The average molecular weight is 203 g/mol. The van der Waals surface area contributed by atoms with Crippen LogP contribution in [-0.4, -0.2) is 10.1 Å². The molecule has 1 N–H and O–H groups in total. The van der Waals surface area contributed by atoms with Gasteiger partial charge in [0.05, 0.1) is 18.2 Å². The van der Waals surface area contributed by atoms with Crippen molar-refractivity contribution in [3.05, 3.63) is 53.7 Å². The lowest BCUT2D eigenvalue weighted by Gasteiger charge is -2.10. The zero-order valence-corrected chi connectivity index (χ0v) is 8.55. The van der Waals surface area contributed by atoms with Crippen molar-refractivity contribution >= 4 is 0 Å². The topological polar surface area (TPSA) is 46.3 Å². The fourth-order valence-electron chi connectivity index (χ4n) is 1.58. The van der Waals surface area contributed by atoms with Crippen molar-refractivity contribution in [1.82, 2.24) is 4.98 Å². The maximum atomic E-state index is 9.97. The summed E-state index contributed by atoms with van der Waals surface area (Å²) in [6, 6.07) is 5.66. The highest BCUT2D eigenvalue weighted by Crippen LogP contribution is 2.19. The van der Waals surface area contributed by atoms with Gasteiger partial charge in [-0.1, -0.05) is 6.07 Å². The minimum atomic E-state index is -0.566. The van der Waals surface area contributed by atoms with Crippen LogP contribution < -0.4 is 0 Å². The molecule has 2 heterocycles. The molecule has 2 rings (SSSR count). The monoisotopic (exact) mass is 203 g/mol. The van der Waals surface area contributed by atoms with E-state index in [1.807, 2.05) is 25.1 Å². The molecule has 0 bridgehead atoms. The summed E-state index contributed by atoms with van der Waals surface area (Å²) in [6.07, 6.45) is 4.91. The second kappa shape index (κ2) is 4.28. The largest absolute Gasteiger partial charge is 0.472 e. The van der Waals surface area contributed by atoms with Crippen molar-refractivity contribution in [3.63, 3.8) is 0 Å². The molecule has 1 atom stereocenters. The molecule has 2 aromatic rings. The van der Waals surface area contributed by atoms with Crippen molar-refractivity contribution in [3.8, 4) is 0 Å². The SMILES string of the molecule is Cc1cccnc1C(O)Cc1ccoc1. The smallest absolute Gasteiger partial charge is 0.100 e. The molecule has 78 valence electrons. The van der Waals surface area contributed by atoms with Crippen LogP contribution >= 0.6 is 0 Å². The highest BCUT2D eigenvalue weighted by atomic mass is 16.3. The molecule has 0 saturated heterocycles. The lowest BCUT2D eigenvalue weighted by molar-refractivity contribution is 0.172. The molecule has 0 amide bonds. The van der Waals surface area contributed by atoms with Gasteiger partial charge in [0.2, 0.25) is 0 Å². The van der Waals surface area contributed by atoms with E-state index < -0.39 is 6.10 Å². The fraction of sp³-hybridized carbons (Fsp3) is 0.250. The van der Waals surface area contributed by atoms with Gasteiger partial charge in [0, 0.05) is 12.6 Å². The van der Waals surface area contributed by atoms with Gasteiger partial charge in [0.1, 0.15) is 6.10 Å². The van der Waals surface area contributed by atoms with E-state index in [2.05, 4.69) is 4.98 Å². The number of aliphatic hydroxyl groups excluding tert-OH is 1. The third-order valence-electron chi connectivity index (χ3n) is 2.37. The van der Waals surface area contributed by atoms with E-state index in [-0.39, 0.29) is 0 Å². The van der Waals surface area contributed by atoms with Crippen LogP contribution in [0.4, 0.5) is 0 Å². The first-order valence-corrected chi connectivity index (χ1v) is 4.88. The van der Waals surface area contributed by atoms with Gasteiger partial charge in [0.15, 0.2) is 0 Å². The van der Waals surface area contributed by atoms with Crippen LogP contribution in [0.3, 0.4) is 0 Å². The third-order valence-corrected chi connectivity index (χ3v) is 2.37. The van der Waals surface area contributed by atoms with Crippen LogP contribution in [0.2, 0.25) is 0 Å². The Morgan fingerprint density at radius 1 is 1.47 bits per heavy atom. The number of hydrogen-bond donors (Lipinski definition) is 1. The summed E-state index contributed by atoms with van der Waals surface area (Å²) >= 11 is 0. The number of aryl methyl sites for hydroxylation is 1. The molecule has 0 fully saturated rings. The molecule has 0 radical (unpaired) electrons. The molecule has 0 aliphatic carbocycles. The number of hydrogen-bond acceptors (Lipinski definition) is 3. The van der Waals surface area contributed by atoms with Crippen LogP contribution in [0, 0.1) is 6.92 Å². The summed E-state index contributed by atoms with van der Waals surface area (Å²) in [7, 11) is 0. The first-order valence-electron chi connectivity index (χ1n) is 4.88. The summed E-state index contributed by atoms with van der Waals surface area (Å²) < 4.78 is 4.95. The van der Waals surface area contributed by atoms with Crippen LogP contribution in [0.5, 0.6) is 0 Å². The lowest BCUT2D eigenvalue weighted by Crippen LogP contribution is -2.05. The van der Waals surface area contributed by atoms with Gasteiger partial charge in [-0.05, 0) is 30.2 Å². The molecule has 0 saturated carbocycles. The van der Waals surface area contributed by atoms with Crippen molar-refractivity contribution < 1.29 is 9.52 Å². The minimum Gasteiger partial charge on any atom is -0.472 e. The molecule has 0 aliphatic heterocycles. The van der Waals surface area contributed by atoms with Gasteiger partial charge < -0.3 is 9.52 Å². The lowest BCUT2D eigenvalue weighted by atomic mass is 10.0. The standard InChI is InChI=1S/C12H13NO2/c1-9-3-2-5-13-12(9)11(14)7-10-4-6-15-8-10/h2-6,8,11,14H,7H2,1H3. The Morgan fingerprint density at radius 3 is 3.00 bits per heavy atom. The van der Waals surface area contributed by atoms with Crippen LogP contribution in [0.15, 0.2) is 41.3 Å². The normalized spacial score (nSPS) is 12.7. The van der Waals surface area contributed by atoms with E-state index in [9.17, 15) is 5.11 Å². The molecule has 1 unspecified atom stereocenters. The first kappa shape index (κ1) is 9.93. The summed E-state index contributed by atoms with van der Waals surface area (Å²) in [5.74, 6) is 0. The van der Waals surface area contributed by atoms with Gasteiger partial charge in [-0.2, -0.15) is 0 Å². The van der Waals surface area contributed by atoms with E-state index in [0.29, 0.717) is 6.42 Å². The van der Waals surface area contributed by atoms with Crippen molar-refractivity contribution in [2.24, 2.45) is 0 Å². The predicted octanol–water partition coefficient (Wildman–Crippen LogP) is 2.26. The summed E-state index contributed by atoms with van der Waals surface area (Å²) in [4.78, 5) is 4.18. The van der Waals surface area contributed by atoms with E-state index in [0.717, 1.165) is 16.8 Å². The quantitative estimate of drug-likeness (QED) is 0.832. The maximum absolute atomic E-state index is 9.97. The highest BCUT2D eigenvalue weighted by Gasteiger charge is 2.12. The highest BCUT2D eigenvalue weighted by molar-refractivity contribution is 5.21. The van der Waals surface area contributed by atoms with Crippen LogP contribution in [0.1, 0.15) is 22.9 Å². The van der Waals surface area contributed by atoms with E-state index in [4.69, 9.17) is 4.42 Å². The molecule has 2 aromatic heterocycles. The van der Waals surface area contributed by atoms with Crippen molar-refractivity contribution in [1.29, 1.82) is 0 Å². The van der Waals surface area contributed by atoms with Gasteiger partial charge >= 0.3 is 0 Å². The number of nitrogens with zero attached hydrogens (tertiary/aromatic N) is 1. The molecule has 0 spiro atoms. The maximum Gasteiger partial charge on any atom is 0.100 e. The predicted molar refractivity (Wildman–Crippen MR) is 56.3 cm³/mol. The first-order chi connectivity index (χ1) is 7.27. The Morgan fingerprint density at radius 2 is 2.33 bits per heavy atom. The number of rotatable bonds is 3. The van der Waals surface area contributed by atoms with E-state index in [1.54, 1.807) is 18.7 Å². The van der Waals surface area contributed by atoms with Crippen LogP contribution in [-0.2, 0) is 6.42 Å². The van der Waals surface area contributed by atoms with Crippen LogP contribution in [0.25, 0.3) is 0 Å². The Kier molecular flexibility index (Phi) is 2.83. The molecule has 15 heavy (non-hydrogen) atoms. The Bertz CT molecular complexity index is 423. The number of aromatic nitrogens is 1. The number of pyridine rings is 1. The average Bonchev–Trinajstić information content (AvgIpc) is 2.71. The van der Waals surface area contributed by atoms with E-state index in [1.165, 1.54) is 0 Å². The molecular formula is C12H13NO2. The number of aliphatic hydroxyl groups is 1. The molecule has 0 aliphatic rings.